The molecule has 0 amide bonds. The third-order valence-electron chi connectivity index (χ3n) is 3.01. The molecule has 94 valence electrons. The van der Waals surface area contributed by atoms with Crippen molar-refractivity contribution in [3.8, 4) is 5.75 Å². The van der Waals surface area contributed by atoms with E-state index in [-0.39, 0.29) is 0 Å². The zero-order valence-electron chi connectivity index (χ0n) is 10.6. The maximum Gasteiger partial charge on any atom is 0.122 e. The van der Waals surface area contributed by atoms with Gasteiger partial charge in [-0.15, -0.1) is 0 Å². The highest BCUT2D eigenvalue weighted by Crippen LogP contribution is 2.28. The van der Waals surface area contributed by atoms with Crippen LogP contribution in [0.4, 0.5) is 0 Å². The maximum atomic E-state index is 10.6. The minimum Gasteiger partial charge on any atom is -0.496 e. The third-order valence-corrected chi connectivity index (χ3v) is 3.01. The summed E-state index contributed by atoms with van der Waals surface area (Å²) in [6.45, 7) is 1.79. The summed E-state index contributed by atoms with van der Waals surface area (Å²) >= 11 is 0. The number of nitrogens with zero attached hydrogens (tertiary/aromatic N) is 1. The van der Waals surface area contributed by atoms with Gasteiger partial charge in [0.1, 0.15) is 5.75 Å². The molecule has 0 bridgehead atoms. The first-order valence-electron chi connectivity index (χ1n) is 5.88. The normalized spacial score (nSPS) is 13.9. The number of ether oxygens (including phenoxy) is 1. The molecule has 0 saturated heterocycles. The van der Waals surface area contributed by atoms with E-state index in [1.807, 2.05) is 36.4 Å². The lowest BCUT2D eigenvalue weighted by molar-refractivity contribution is 0.0566. The SMILES string of the molecule is COc1ccccc1CC(C)(O)c1cccnc1. The van der Waals surface area contributed by atoms with E-state index in [0.29, 0.717) is 6.42 Å². The van der Waals surface area contributed by atoms with Crippen molar-refractivity contribution in [2.24, 2.45) is 0 Å². The summed E-state index contributed by atoms with van der Waals surface area (Å²) in [6, 6.07) is 11.4. The molecule has 0 aliphatic rings. The van der Waals surface area contributed by atoms with E-state index in [2.05, 4.69) is 4.98 Å². The zero-order valence-corrected chi connectivity index (χ0v) is 10.6. The Kier molecular flexibility index (Phi) is 3.63. The smallest absolute Gasteiger partial charge is 0.122 e. The van der Waals surface area contributed by atoms with Crippen LogP contribution in [0, 0.1) is 0 Å². The van der Waals surface area contributed by atoms with Crippen LogP contribution < -0.4 is 4.74 Å². The Bertz CT molecular complexity index is 509. The van der Waals surface area contributed by atoms with Gasteiger partial charge in [0, 0.05) is 24.4 Å². The Balaban J connectivity index is 2.28. The van der Waals surface area contributed by atoms with E-state index in [4.69, 9.17) is 4.74 Å². The summed E-state index contributed by atoms with van der Waals surface area (Å²) in [5.74, 6) is 0.793. The first-order valence-corrected chi connectivity index (χ1v) is 5.88. The molecule has 0 radical (unpaired) electrons. The van der Waals surface area contributed by atoms with E-state index in [9.17, 15) is 5.11 Å². The van der Waals surface area contributed by atoms with E-state index >= 15 is 0 Å². The molecule has 1 aromatic heterocycles. The van der Waals surface area contributed by atoms with Gasteiger partial charge in [0.15, 0.2) is 0 Å². The van der Waals surface area contributed by atoms with Crippen molar-refractivity contribution >= 4 is 0 Å². The summed E-state index contributed by atoms with van der Waals surface area (Å²) in [5.41, 5.74) is 0.827. The van der Waals surface area contributed by atoms with Gasteiger partial charge in [0.25, 0.3) is 0 Å². The summed E-state index contributed by atoms with van der Waals surface area (Å²) in [6.07, 6.45) is 3.88. The Morgan fingerprint density at radius 1 is 1.22 bits per heavy atom. The van der Waals surface area contributed by atoms with Gasteiger partial charge in [-0.3, -0.25) is 4.98 Å². The van der Waals surface area contributed by atoms with Crippen LogP contribution in [-0.2, 0) is 12.0 Å². The van der Waals surface area contributed by atoms with Gasteiger partial charge in [-0.25, -0.2) is 0 Å². The topological polar surface area (TPSA) is 42.4 Å². The quantitative estimate of drug-likeness (QED) is 0.897. The summed E-state index contributed by atoms with van der Waals surface area (Å²) in [4.78, 5) is 4.04. The van der Waals surface area contributed by atoms with E-state index in [1.165, 1.54) is 0 Å². The summed E-state index contributed by atoms with van der Waals surface area (Å²) in [7, 11) is 1.64. The van der Waals surface area contributed by atoms with E-state index in [0.717, 1.165) is 16.9 Å². The Morgan fingerprint density at radius 2 is 2.00 bits per heavy atom. The largest absolute Gasteiger partial charge is 0.496 e. The third kappa shape index (κ3) is 2.68. The fourth-order valence-corrected chi connectivity index (χ4v) is 2.00. The van der Waals surface area contributed by atoms with Crippen LogP contribution in [0.25, 0.3) is 0 Å². The molecule has 1 N–H and O–H groups in total. The highest BCUT2D eigenvalue weighted by Gasteiger charge is 2.25. The van der Waals surface area contributed by atoms with Crippen molar-refractivity contribution in [2.75, 3.05) is 7.11 Å². The molecule has 1 atom stereocenters. The lowest BCUT2D eigenvalue weighted by atomic mass is 9.90. The van der Waals surface area contributed by atoms with E-state index < -0.39 is 5.60 Å². The fourth-order valence-electron chi connectivity index (χ4n) is 2.00. The number of para-hydroxylation sites is 1. The highest BCUT2D eigenvalue weighted by molar-refractivity contribution is 5.35. The molecule has 0 aliphatic carbocycles. The van der Waals surface area contributed by atoms with Crippen molar-refractivity contribution in [1.82, 2.24) is 4.98 Å². The minimum absolute atomic E-state index is 0.489. The van der Waals surface area contributed by atoms with Gasteiger partial charge in [0.2, 0.25) is 0 Å². The van der Waals surface area contributed by atoms with Gasteiger partial charge in [-0.2, -0.15) is 0 Å². The molecule has 0 spiro atoms. The van der Waals surface area contributed by atoms with Crippen molar-refractivity contribution in [3.05, 3.63) is 59.9 Å². The number of aliphatic hydroxyl groups is 1. The van der Waals surface area contributed by atoms with Crippen molar-refractivity contribution in [2.45, 2.75) is 18.9 Å². The number of hydrogen-bond donors (Lipinski definition) is 1. The van der Waals surface area contributed by atoms with Gasteiger partial charge in [-0.1, -0.05) is 24.3 Å². The number of pyridine rings is 1. The standard InChI is InChI=1S/C15H17NO2/c1-15(17,13-7-5-9-16-11-13)10-12-6-3-4-8-14(12)18-2/h3-9,11,17H,10H2,1-2H3. The molecule has 2 aromatic rings. The van der Waals surface area contributed by atoms with Crippen LogP contribution in [0.5, 0.6) is 5.75 Å². The second kappa shape index (κ2) is 5.19. The molecule has 0 saturated carbocycles. The number of rotatable bonds is 4. The van der Waals surface area contributed by atoms with Gasteiger partial charge in [0.05, 0.1) is 12.7 Å². The molecule has 1 heterocycles. The predicted molar refractivity (Wildman–Crippen MR) is 70.5 cm³/mol. The first kappa shape index (κ1) is 12.6. The Labute approximate surface area is 107 Å². The van der Waals surface area contributed by atoms with E-state index in [1.54, 1.807) is 26.4 Å². The zero-order chi connectivity index (χ0) is 13.0. The maximum absolute atomic E-state index is 10.6. The average Bonchev–Trinajstić information content (AvgIpc) is 2.40. The highest BCUT2D eigenvalue weighted by atomic mass is 16.5. The van der Waals surface area contributed by atoms with Gasteiger partial charge in [-0.05, 0) is 24.6 Å². The predicted octanol–water partition coefficient (Wildman–Crippen LogP) is 2.54. The van der Waals surface area contributed by atoms with Crippen LogP contribution >= 0.6 is 0 Å². The van der Waals surface area contributed by atoms with Crippen LogP contribution in [-0.4, -0.2) is 17.2 Å². The monoisotopic (exact) mass is 243 g/mol. The van der Waals surface area contributed by atoms with Crippen LogP contribution in [0.15, 0.2) is 48.8 Å². The van der Waals surface area contributed by atoms with Crippen molar-refractivity contribution < 1.29 is 9.84 Å². The summed E-state index contributed by atoms with van der Waals surface area (Å²) in [5, 5.41) is 10.6. The van der Waals surface area contributed by atoms with Crippen molar-refractivity contribution in [3.63, 3.8) is 0 Å². The molecule has 0 aliphatic heterocycles. The fraction of sp³-hybridized carbons (Fsp3) is 0.267. The van der Waals surface area contributed by atoms with Crippen molar-refractivity contribution in [1.29, 1.82) is 0 Å². The van der Waals surface area contributed by atoms with Crippen LogP contribution in [0.2, 0.25) is 0 Å². The lowest BCUT2D eigenvalue weighted by Crippen LogP contribution is -2.24. The number of benzene rings is 1. The molecular weight excluding hydrogens is 226 g/mol. The van der Waals surface area contributed by atoms with Gasteiger partial charge < -0.3 is 9.84 Å². The Morgan fingerprint density at radius 3 is 2.67 bits per heavy atom. The molecule has 1 aromatic carbocycles. The number of methoxy groups -OCH3 is 1. The number of aromatic nitrogens is 1. The molecule has 0 fully saturated rings. The number of hydrogen-bond acceptors (Lipinski definition) is 3. The molecule has 18 heavy (non-hydrogen) atoms. The van der Waals surface area contributed by atoms with Crippen LogP contribution in [0.1, 0.15) is 18.1 Å². The molecule has 2 rings (SSSR count). The Hall–Kier alpha value is -1.87. The molecule has 3 nitrogen and oxygen atoms in total. The average molecular weight is 243 g/mol. The molecule has 3 heteroatoms. The molecular formula is C15H17NO2. The summed E-state index contributed by atoms with van der Waals surface area (Å²) < 4.78 is 5.30. The lowest BCUT2D eigenvalue weighted by Gasteiger charge is -2.24. The second-order valence-electron chi connectivity index (χ2n) is 4.50. The first-order chi connectivity index (χ1) is 8.63. The van der Waals surface area contributed by atoms with Crippen LogP contribution in [0.3, 0.4) is 0 Å². The minimum atomic E-state index is -0.955. The second-order valence-corrected chi connectivity index (χ2v) is 4.50. The van der Waals surface area contributed by atoms with Gasteiger partial charge >= 0.3 is 0 Å². The molecule has 1 unspecified atom stereocenters.